The molecular weight excluding hydrogens is 263 g/mol. The molecule has 0 atom stereocenters. The molecule has 0 N–H and O–H groups in total. The standard InChI is InChI=1S/C16H17Cl2/c17-14-6-13(7-15(18)8-14)16-11-2-9-1-10(4-11)5-12(16)3-9/h6-12H,1-5H2/q+1. The average molecular weight is 280 g/mol. The van der Waals surface area contributed by atoms with Crippen molar-refractivity contribution in [2.24, 2.45) is 23.7 Å². The van der Waals surface area contributed by atoms with Crippen molar-refractivity contribution in [2.75, 3.05) is 0 Å². The van der Waals surface area contributed by atoms with Gasteiger partial charge in [-0.25, -0.2) is 0 Å². The fourth-order valence-electron chi connectivity index (χ4n) is 4.88. The highest BCUT2D eigenvalue weighted by molar-refractivity contribution is 6.34. The van der Waals surface area contributed by atoms with Crippen molar-refractivity contribution in [1.29, 1.82) is 0 Å². The SMILES string of the molecule is Clc1cc(Cl)cc([C+]2C3CC4CC(C3)CC2C4)c1. The summed E-state index contributed by atoms with van der Waals surface area (Å²) in [5.74, 6) is 5.31. The Labute approximate surface area is 119 Å². The van der Waals surface area contributed by atoms with E-state index in [0.29, 0.717) is 0 Å². The Morgan fingerprint density at radius 1 is 0.778 bits per heavy atom. The van der Waals surface area contributed by atoms with Crippen LogP contribution in [0.25, 0.3) is 0 Å². The number of halogens is 2. The zero-order valence-electron chi connectivity index (χ0n) is 10.3. The molecule has 2 heteroatoms. The van der Waals surface area contributed by atoms with Gasteiger partial charge in [0.25, 0.3) is 0 Å². The first kappa shape index (κ1) is 11.5. The first-order valence-corrected chi connectivity index (χ1v) is 7.78. The summed E-state index contributed by atoms with van der Waals surface area (Å²) in [6.07, 6.45) is 7.13. The van der Waals surface area contributed by atoms with E-state index in [1.165, 1.54) is 37.7 Å². The molecule has 4 fully saturated rings. The number of hydrogen-bond donors (Lipinski definition) is 0. The van der Waals surface area contributed by atoms with Gasteiger partial charge in [0.05, 0.1) is 22.2 Å². The summed E-state index contributed by atoms with van der Waals surface area (Å²) in [6, 6.07) is 6.07. The van der Waals surface area contributed by atoms with Crippen LogP contribution in [0.1, 0.15) is 37.7 Å². The summed E-state index contributed by atoms with van der Waals surface area (Å²) in [5.41, 5.74) is 1.32. The van der Waals surface area contributed by atoms with Gasteiger partial charge in [0, 0.05) is 23.8 Å². The number of hydrogen-bond acceptors (Lipinski definition) is 0. The minimum Gasteiger partial charge on any atom is -0.0682 e. The Morgan fingerprint density at radius 3 is 1.78 bits per heavy atom. The fourth-order valence-corrected chi connectivity index (χ4v) is 5.41. The third kappa shape index (κ3) is 1.77. The van der Waals surface area contributed by atoms with Crippen molar-refractivity contribution < 1.29 is 0 Å². The number of benzene rings is 1. The zero-order valence-corrected chi connectivity index (χ0v) is 11.8. The molecule has 18 heavy (non-hydrogen) atoms. The van der Waals surface area contributed by atoms with E-state index in [9.17, 15) is 0 Å². The Bertz CT molecular complexity index is 432. The lowest BCUT2D eigenvalue weighted by Crippen LogP contribution is -2.44. The topological polar surface area (TPSA) is 0 Å². The molecule has 1 aromatic rings. The molecule has 0 aromatic heterocycles. The molecule has 5 rings (SSSR count). The van der Waals surface area contributed by atoms with Crippen LogP contribution in [0.2, 0.25) is 10.0 Å². The maximum atomic E-state index is 6.17. The highest BCUT2D eigenvalue weighted by Crippen LogP contribution is 2.59. The van der Waals surface area contributed by atoms with Crippen molar-refractivity contribution in [3.63, 3.8) is 0 Å². The third-order valence-corrected chi connectivity index (χ3v) is 5.65. The molecule has 4 bridgehead atoms. The largest absolute Gasteiger partial charge is 0.136 e. The minimum absolute atomic E-state index is 0.777. The molecule has 4 saturated carbocycles. The van der Waals surface area contributed by atoms with E-state index in [2.05, 4.69) is 12.1 Å². The van der Waals surface area contributed by atoms with Crippen molar-refractivity contribution in [3.8, 4) is 0 Å². The van der Waals surface area contributed by atoms with Crippen molar-refractivity contribution >= 4 is 23.2 Å². The van der Waals surface area contributed by atoms with E-state index in [1.54, 1.807) is 5.92 Å². The quantitative estimate of drug-likeness (QED) is 0.606. The van der Waals surface area contributed by atoms with Gasteiger partial charge in [-0.3, -0.25) is 0 Å². The molecule has 0 spiro atoms. The maximum Gasteiger partial charge on any atom is 0.136 e. The molecular formula is C16H17Cl2+. The molecule has 94 valence electrons. The van der Waals surface area contributed by atoms with Gasteiger partial charge in [-0.15, -0.1) is 0 Å². The smallest absolute Gasteiger partial charge is 0.0682 e. The predicted molar refractivity (Wildman–Crippen MR) is 75.9 cm³/mol. The van der Waals surface area contributed by atoms with Gasteiger partial charge in [0.15, 0.2) is 0 Å². The zero-order chi connectivity index (χ0) is 12.3. The molecule has 0 unspecified atom stereocenters. The van der Waals surface area contributed by atoms with Crippen LogP contribution in [0.4, 0.5) is 0 Å². The Hall–Kier alpha value is -0.330. The molecule has 0 saturated heterocycles. The van der Waals surface area contributed by atoms with E-state index in [0.717, 1.165) is 33.7 Å². The third-order valence-electron chi connectivity index (χ3n) is 5.21. The fraction of sp³-hybridized carbons (Fsp3) is 0.562. The second kappa shape index (κ2) is 4.08. The van der Waals surface area contributed by atoms with Crippen LogP contribution in [0.3, 0.4) is 0 Å². The molecule has 0 aliphatic heterocycles. The van der Waals surface area contributed by atoms with Crippen molar-refractivity contribution in [1.82, 2.24) is 0 Å². The summed E-state index contributed by atoms with van der Waals surface area (Å²) < 4.78 is 0. The van der Waals surface area contributed by atoms with Crippen LogP contribution in [0.5, 0.6) is 0 Å². The van der Waals surface area contributed by atoms with Gasteiger partial charge in [-0.1, -0.05) is 23.2 Å². The van der Waals surface area contributed by atoms with Crippen LogP contribution < -0.4 is 0 Å². The summed E-state index contributed by atoms with van der Waals surface area (Å²) in [5, 5.41) is 1.55. The minimum atomic E-state index is 0.777. The second-order valence-corrected chi connectivity index (χ2v) is 7.29. The summed E-state index contributed by atoms with van der Waals surface area (Å²) in [7, 11) is 0. The van der Waals surface area contributed by atoms with E-state index >= 15 is 0 Å². The summed E-state index contributed by atoms with van der Waals surface area (Å²) in [4.78, 5) is 0. The Kier molecular flexibility index (Phi) is 2.61. The normalized spacial score (nSPS) is 37.3. The highest BCUT2D eigenvalue weighted by Gasteiger charge is 2.52. The molecule has 0 heterocycles. The van der Waals surface area contributed by atoms with Crippen LogP contribution in [-0.4, -0.2) is 0 Å². The average Bonchev–Trinajstić information content (AvgIpc) is 2.25. The van der Waals surface area contributed by atoms with E-state index in [1.807, 2.05) is 6.07 Å². The Balaban J connectivity index is 1.72. The van der Waals surface area contributed by atoms with E-state index in [-0.39, 0.29) is 0 Å². The van der Waals surface area contributed by atoms with Crippen LogP contribution in [0.15, 0.2) is 18.2 Å². The van der Waals surface area contributed by atoms with E-state index < -0.39 is 0 Å². The van der Waals surface area contributed by atoms with Gasteiger partial charge in [-0.2, -0.15) is 0 Å². The number of rotatable bonds is 1. The predicted octanol–water partition coefficient (Wildman–Crippen LogP) is 5.37. The van der Waals surface area contributed by atoms with Crippen molar-refractivity contribution in [3.05, 3.63) is 39.7 Å². The highest BCUT2D eigenvalue weighted by atomic mass is 35.5. The van der Waals surface area contributed by atoms with Crippen LogP contribution in [-0.2, 0) is 0 Å². The van der Waals surface area contributed by atoms with Gasteiger partial charge >= 0.3 is 0 Å². The van der Waals surface area contributed by atoms with Gasteiger partial charge < -0.3 is 0 Å². The second-order valence-electron chi connectivity index (χ2n) is 6.42. The summed E-state index contributed by atoms with van der Waals surface area (Å²) in [6.45, 7) is 0. The lowest BCUT2D eigenvalue weighted by atomic mass is 9.51. The lowest BCUT2D eigenvalue weighted by molar-refractivity contribution is 0.0481. The monoisotopic (exact) mass is 279 g/mol. The molecule has 4 aliphatic rings. The maximum absolute atomic E-state index is 6.17. The first-order chi connectivity index (χ1) is 8.69. The lowest BCUT2D eigenvalue weighted by Gasteiger charge is -2.51. The summed E-state index contributed by atoms with van der Waals surface area (Å²) >= 11 is 12.3. The van der Waals surface area contributed by atoms with Gasteiger partial charge in [-0.05, 0) is 43.9 Å². The first-order valence-electron chi connectivity index (χ1n) is 7.02. The Morgan fingerprint density at radius 2 is 1.28 bits per heavy atom. The van der Waals surface area contributed by atoms with Crippen molar-refractivity contribution in [2.45, 2.75) is 32.1 Å². The molecule has 4 aliphatic carbocycles. The van der Waals surface area contributed by atoms with E-state index in [4.69, 9.17) is 23.2 Å². The molecule has 0 radical (unpaired) electrons. The van der Waals surface area contributed by atoms with Gasteiger partial charge in [0.1, 0.15) is 5.56 Å². The van der Waals surface area contributed by atoms with Crippen LogP contribution in [0, 0.1) is 29.6 Å². The molecule has 1 aromatic carbocycles. The van der Waals surface area contributed by atoms with Crippen LogP contribution >= 0.6 is 23.2 Å². The van der Waals surface area contributed by atoms with Gasteiger partial charge in [0.2, 0.25) is 0 Å². The molecule has 0 amide bonds. The molecule has 0 nitrogen and oxygen atoms in total.